The van der Waals surface area contributed by atoms with Crippen LogP contribution in [0.1, 0.15) is 30.9 Å². The molecule has 1 aromatic rings. The highest BCUT2D eigenvalue weighted by Gasteiger charge is 2.28. The molecular weight excluding hydrogens is 258 g/mol. The Hall–Kier alpha value is -2.26. The maximum Gasteiger partial charge on any atom is 0.269 e. The first-order valence-electron chi connectivity index (χ1n) is 6.56. The number of non-ortho nitro benzene ring substituents is 1. The van der Waals surface area contributed by atoms with Crippen LogP contribution < -0.4 is 0 Å². The van der Waals surface area contributed by atoms with Crippen molar-refractivity contribution in [1.29, 1.82) is 5.26 Å². The van der Waals surface area contributed by atoms with E-state index in [4.69, 9.17) is 5.26 Å². The lowest BCUT2D eigenvalue weighted by atomic mass is 9.98. The third-order valence-electron chi connectivity index (χ3n) is 3.53. The van der Waals surface area contributed by atoms with Crippen LogP contribution >= 0.6 is 0 Å². The fraction of sp³-hybridized carbons (Fsp3) is 0.429. The van der Waals surface area contributed by atoms with E-state index in [1.54, 1.807) is 18.2 Å². The SMILES string of the molecule is N#CC(=O)C(c1ccc([N+](=O)[O-])cc1)N1CCCCC1. The number of nitrogens with zero attached hydrogens (tertiary/aromatic N) is 3. The number of hydrogen-bond donors (Lipinski definition) is 0. The smallest absolute Gasteiger partial charge is 0.269 e. The summed E-state index contributed by atoms with van der Waals surface area (Å²) >= 11 is 0. The number of nitro groups is 1. The summed E-state index contributed by atoms with van der Waals surface area (Å²) in [5.41, 5.74) is 0.625. The fourth-order valence-corrected chi connectivity index (χ4v) is 2.54. The van der Waals surface area contributed by atoms with Gasteiger partial charge in [-0.25, -0.2) is 0 Å². The second kappa shape index (κ2) is 6.26. The molecule has 0 N–H and O–H groups in total. The van der Waals surface area contributed by atoms with Gasteiger partial charge in [0.1, 0.15) is 12.1 Å². The fourth-order valence-electron chi connectivity index (χ4n) is 2.54. The van der Waals surface area contributed by atoms with E-state index in [1.165, 1.54) is 12.1 Å². The van der Waals surface area contributed by atoms with Crippen molar-refractivity contribution in [3.8, 4) is 6.07 Å². The molecule has 1 aliphatic heterocycles. The number of nitriles is 1. The number of ketones is 1. The monoisotopic (exact) mass is 273 g/mol. The normalized spacial score (nSPS) is 17.1. The molecular formula is C14H15N3O3. The van der Waals surface area contributed by atoms with Crippen LogP contribution in [0.25, 0.3) is 0 Å². The number of benzene rings is 1. The molecule has 1 aromatic carbocycles. The van der Waals surface area contributed by atoms with Gasteiger partial charge in [-0.2, -0.15) is 5.26 Å². The van der Waals surface area contributed by atoms with Crippen molar-refractivity contribution in [2.45, 2.75) is 25.3 Å². The number of hydrogen-bond acceptors (Lipinski definition) is 5. The summed E-state index contributed by atoms with van der Waals surface area (Å²) in [4.78, 5) is 24.0. The van der Waals surface area contributed by atoms with Crippen LogP contribution in [0.2, 0.25) is 0 Å². The molecule has 0 radical (unpaired) electrons. The summed E-state index contributed by atoms with van der Waals surface area (Å²) in [7, 11) is 0. The van der Waals surface area contributed by atoms with Crippen LogP contribution in [0.3, 0.4) is 0 Å². The maximum atomic E-state index is 11.9. The minimum absolute atomic E-state index is 0.0180. The molecule has 1 atom stereocenters. The third kappa shape index (κ3) is 3.00. The van der Waals surface area contributed by atoms with Gasteiger partial charge in [-0.1, -0.05) is 18.6 Å². The Bertz CT molecular complexity index is 542. The average Bonchev–Trinajstić information content (AvgIpc) is 2.49. The highest BCUT2D eigenvalue weighted by molar-refractivity contribution is 5.98. The number of rotatable bonds is 4. The van der Waals surface area contributed by atoms with Gasteiger partial charge >= 0.3 is 0 Å². The molecule has 1 aliphatic rings. The number of likely N-dealkylation sites (tertiary alicyclic amines) is 1. The van der Waals surface area contributed by atoms with E-state index in [9.17, 15) is 14.9 Å². The van der Waals surface area contributed by atoms with Crippen molar-refractivity contribution >= 4 is 11.5 Å². The molecule has 1 fully saturated rings. The average molecular weight is 273 g/mol. The molecule has 2 rings (SSSR count). The van der Waals surface area contributed by atoms with Crippen molar-refractivity contribution < 1.29 is 9.72 Å². The molecule has 1 saturated heterocycles. The van der Waals surface area contributed by atoms with Gasteiger partial charge in [0, 0.05) is 12.1 Å². The second-order valence-corrected chi connectivity index (χ2v) is 4.82. The van der Waals surface area contributed by atoms with Gasteiger partial charge in [-0.15, -0.1) is 0 Å². The summed E-state index contributed by atoms with van der Waals surface area (Å²) in [6, 6.07) is 6.94. The molecule has 0 spiro atoms. The lowest BCUT2D eigenvalue weighted by Crippen LogP contribution is -2.37. The predicted octanol–water partition coefficient (Wildman–Crippen LogP) is 2.21. The Labute approximate surface area is 116 Å². The van der Waals surface area contributed by atoms with Gasteiger partial charge in [-0.3, -0.25) is 19.8 Å². The van der Waals surface area contributed by atoms with Crippen LogP contribution in [0, 0.1) is 21.4 Å². The van der Waals surface area contributed by atoms with Crippen LogP contribution in [-0.2, 0) is 4.79 Å². The number of nitro benzene ring substituents is 1. The molecule has 0 bridgehead atoms. The van der Waals surface area contributed by atoms with Crippen molar-refractivity contribution in [1.82, 2.24) is 4.90 Å². The van der Waals surface area contributed by atoms with E-state index in [2.05, 4.69) is 0 Å². The summed E-state index contributed by atoms with van der Waals surface area (Å²) in [5.74, 6) is -0.513. The van der Waals surface area contributed by atoms with Gasteiger partial charge in [0.2, 0.25) is 0 Å². The molecule has 0 amide bonds. The zero-order valence-electron chi connectivity index (χ0n) is 11.0. The van der Waals surface area contributed by atoms with Gasteiger partial charge in [0.15, 0.2) is 0 Å². The first kappa shape index (κ1) is 14.2. The minimum Gasteiger partial charge on any atom is -0.289 e. The van der Waals surface area contributed by atoms with E-state index < -0.39 is 16.7 Å². The highest BCUT2D eigenvalue weighted by atomic mass is 16.6. The van der Waals surface area contributed by atoms with Crippen molar-refractivity contribution in [3.05, 3.63) is 39.9 Å². The maximum absolute atomic E-state index is 11.9. The van der Waals surface area contributed by atoms with E-state index in [-0.39, 0.29) is 5.69 Å². The number of piperidine rings is 1. The van der Waals surface area contributed by atoms with Crippen LogP contribution in [0.5, 0.6) is 0 Å². The van der Waals surface area contributed by atoms with E-state index >= 15 is 0 Å². The van der Waals surface area contributed by atoms with E-state index in [0.29, 0.717) is 5.56 Å². The van der Waals surface area contributed by atoms with Crippen LogP contribution in [-0.4, -0.2) is 28.7 Å². The summed E-state index contributed by atoms with van der Waals surface area (Å²) in [6.07, 6.45) is 3.13. The Morgan fingerprint density at radius 3 is 2.35 bits per heavy atom. The van der Waals surface area contributed by atoms with E-state index in [1.807, 2.05) is 4.90 Å². The van der Waals surface area contributed by atoms with Gasteiger partial charge < -0.3 is 0 Å². The van der Waals surface area contributed by atoms with Crippen molar-refractivity contribution in [2.24, 2.45) is 0 Å². The van der Waals surface area contributed by atoms with Crippen LogP contribution in [0.4, 0.5) is 5.69 Å². The molecule has 6 heteroatoms. The summed E-state index contributed by atoms with van der Waals surface area (Å²) in [6.45, 7) is 1.55. The van der Waals surface area contributed by atoms with Gasteiger partial charge in [0.25, 0.3) is 11.5 Å². The second-order valence-electron chi connectivity index (χ2n) is 4.82. The third-order valence-corrected chi connectivity index (χ3v) is 3.53. The Balaban J connectivity index is 2.28. The molecule has 6 nitrogen and oxygen atoms in total. The molecule has 0 aromatic heterocycles. The summed E-state index contributed by atoms with van der Waals surface area (Å²) < 4.78 is 0. The molecule has 20 heavy (non-hydrogen) atoms. The molecule has 104 valence electrons. The Kier molecular flexibility index (Phi) is 4.43. The zero-order valence-corrected chi connectivity index (χ0v) is 11.0. The predicted molar refractivity (Wildman–Crippen MR) is 71.9 cm³/mol. The first-order valence-corrected chi connectivity index (χ1v) is 6.56. The van der Waals surface area contributed by atoms with Gasteiger partial charge in [-0.05, 0) is 31.5 Å². The standard InChI is InChI=1S/C14H15N3O3/c15-10-13(18)14(16-8-2-1-3-9-16)11-4-6-12(7-5-11)17(19)20/h4-7,14H,1-3,8-9H2. The molecule has 1 unspecified atom stereocenters. The largest absolute Gasteiger partial charge is 0.289 e. The van der Waals surface area contributed by atoms with Gasteiger partial charge in [0.05, 0.1) is 4.92 Å². The Morgan fingerprint density at radius 2 is 1.85 bits per heavy atom. The quantitative estimate of drug-likeness (QED) is 0.477. The lowest BCUT2D eigenvalue weighted by molar-refractivity contribution is -0.384. The molecule has 0 aliphatic carbocycles. The topological polar surface area (TPSA) is 87.2 Å². The number of carbonyl (C=O) groups excluding carboxylic acids is 1. The molecule has 0 saturated carbocycles. The first-order chi connectivity index (χ1) is 9.63. The number of Topliss-reactive ketones (excluding diaryl/α,β-unsaturated/α-hetero) is 1. The van der Waals surface area contributed by atoms with E-state index in [0.717, 1.165) is 32.4 Å². The van der Waals surface area contributed by atoms with Crippen molar-refractivity contribution in [3.63, 3.8) is 0 Å². The highest BCUT2D eigenvalue weighted by Crippen LogP contribution is 2.26. The van der Waals surface area contributed by atoms with Crippen LogP contribution in [0.15, 0.2) is 24.3 Å². The number of carbonyl (C=O) groups is 1. The molecule has 1 heterocycles. The Morgan fingerprint density at radius 1 is 1.25 bits per heavy atom. The summed E-state index contributed by atoms with van der Waals surface area (Å²) in [5, 5.41) is 19.6. The minimum atomic E-state index is -0.610. The lowest BCUT2D eigenvalue weighted by Gasteiger charge is -2.32. The van der Waals surface area contributed by atoms with Crippen molar-refractivity contribution in [2.75, 3.05) is 13.1 Å². The zero-order chi connectivity index (χ0) is 14.5.